The van der Waals surface area contributed by atoms with Gasteiger partial charge in [-0.1, -0.05) is 55.2 Å². The summed E-state index contributed by atoms with van der Waals surface area (Å²) in [5.41, 5.74) is 4.62. The Morgan fingerprint density at radius 1 is 1.16 bits per heavy atom. The Balaban J connectivity index is 0.00000133. The first-order chi connectivity index (χ1) is 8.88. The molecule has 0 nitrogen and oxygen atoms in total. The SMILES string of the molecule is CCCC[C-]1Cc2cccc(-c3cccs3)c2C1.[Zr]. The van der Waals surface area contributed by atoms with Crippen LogP contribution in [0.4, 0.5) is 0 Å². The second-order valence-corrected chi connectivity index (χ2v) is 6.08. The summed E-state index contributed by atoms with van der Waals surface area (Å²) in [5.74, 6) is 1.73. The second-order valence-electron chi connectivity index (χ2n) is 5.13. The summed E-state index contributed by atoms with van der Waals surface area (Å²) in [4.78, 5) is 1.42. The number of hydrogen-bond donors (Lipinski definition) is 0. The fraction of sp³-hybridized carbons (Fsp3) is 0.353. The van der Waals surface area contributed by atoms with E-state index in [4.69, 9.17) is 0 Å². The van der Waals surface area contributed by atoms with Crippen molar-refractivity contribution in [3.63, 3.8) is 0 Å². The molecule has 19 heavy (non-hydrogen) atoms. The minimum absolute atomic E-state index is 0. The Bertz CT molecular complexity index is 516. The molecule has 0 radical (unpaired) electrons. The Kier molecular flexibility index (Phi) is 5.60. The summed E-state index contributed by atoms with van der Waals surface area (Å²) in [6.07, 6.45) is 6.39. The van der Waals surface area contributed by atoms with Crippen molar-refractivity contribution in [2.24, 2.45) is 0 Å². The topological polar surface area (TPSA) is 0 Å². The molecule has 0 amide bonds. The first-order valence-electron chi connectivity index (χ1n) is 6.86. The van der Waals surface area contributed by atoms with Gasteiger partial charge >= 0.3 is 0 Å². The summed E-state index contributed by atoms with van der Waals surface area (Å²) < 4.78 is 0. The normalized spacial score (nSPS) is 14.2. The average molecular weight is 347 g/mol. The molecule has 0 saturated carbocycles. The summed E-state index contributed by atoms with van der Waals surface area (Å²) in [5, 5.41) is 2.17. The summed E-state index contributed by atoms with van der Waals surface area (Å²) in [6, 6.07) is 11.2. The van der Waals surface area contributed by atoms with E-state index in [9.17, 15) is 0 Å². The molecule has 2 aromatic rings. The van der Waals surface area contributed by atoms with E-state index in [1.807, 2.05) is 11.3 Å². The molecule has 0 unspecified atom stereocenters. The fourth-order valence-electron chi connectivity index (χ4n) is 2.86. The minimum atomic E-state index is 0. The number of rotatable bonds is 4. The van der Waals surface area contributed by atoms with Gasteiger partial charge in [0.25, 0.3) is 0 Å². The van der Waals surface area contributed by atoms with Gasteiger partial charge in [0.2, 0.25) is 0 Å². The van der Waals surface area contributed by atoms with Crippen LogP contribution in [0.2, 0.25) is 0 Å². The average Bonchev–Trinajstić information content (AvgIpc) is 3.04. The summed E-state index contributed by atoms with van der Waals surface area (Å²) in [7, 11) is 0. The largest absolute Gasteiger partial charge is 0.305 e. The van der Waals surface area contributed by atoms with E-state index in [1.54, 1.807) is 17.0 Å². The van der Waals surface area contributed by atoms with Crippen LogP contribution in [0.5, 0.6) is 0 Å². The van der Waals surface area contributed by atoms with Crippen molar-refractivity contribution in [3.8, 4) is 10.4 Å². The van der Waals surface area contributed by atoms with Crippen molar-refractivity contribution in [1.82, 2.24) is 0 Å². The van der Waals surface area contributed by atoms with Crippen LogP contribution < -0.4 is 0 Å². The molecule has 1 aliphatic rings. The summed E-state index contributed by atoms with van der Waals surface area (Å²) in [6.45, 7) is 2.28. The maximum Gasteiger partial charge on any atom is 0.0344 e. The molecule has 1 heterocycles. The van der Waals surface area contributed by atoms with Crippen LogP contribution in [0.25, 0.3) is 10.4 Å². The summed E-state index contributed by atoms with van der Waals surface area (Å²) >= 11 is 1.85. The number of fused-ring (bicyclic) bond motifs is 1. The number of hydrogen-bond acceptors (Lipinski definition) is 1. The van der Waals surface area contributed by atoms with Crippen LogP contribution in [0, 0.1) is 5.92 Å². The van der Waals surface area contributed by atoms with Crippen LogP contribution in [-0.2, 0) is 39.0 Å². The molecule has 1 aliphatic carbocycles. The molecule has 0 spiro atoms. The molecule has 0 atom stereocenters. The predicted molar refractivity (Wildman–Crippen MR) is 79.9 cm³/mol. The molecule has 3 rings (SSSR count). The van der Waals surface area contributed by atoms with E-state index < -0.39 is 0 Å². The van der Waals surface area contributed by atoms with E-state index in [0.717, 1.165) is 0 Å². The van der Waals surface area contributed by atoms with Crippen molar-refractivity contribution in [2.45, 2.75) is 39.0 Å². The molecule has 0 aliphatic heterocycles. The second kappa shape index (κ2) is 7.00. The maximum absolute atomic E-state index is 2.31. The zero-order valence-electron chi connectivity index (χ0n) is 11.4. The molecule has 98 valence electrons. The number of benzene rings is 1. The van der Waals surface area contributed by atoms with E-state index >= 15 is 0 Å². The third-order valence-electron chi connectivity index (χ3n) is 3.81. The molecule has 2 heteroatoms. The van der Waals surface area contributed by atoms with E-state index in [-0.39, 0.29) is 26.2 Å². The van der Waals surface area contributed by atoms with Gasteiger partial charge in [-0.15, -0.1) is 17.8 Å². The van der Waals surface area contributed by atoms with Crippen molar-refractivity contribution in [3.05, 3.63) is 52.8 Å². The molecule has 0 bridgehead atoms. The van der Waals surface area contributed by atoms with Crippen LogP contribution in [0.1, 0.15) is 37.3 Å². The van der Waals surface area contributed by atoms with Gasteiger partial charge in [0.05, 0.1) is 0 Å². The Morgan fingerprint density at radius 3 is 2.79 bits per heavy atom. The maximum atomic E-state index is 2.31. The zero-order chi connectivity index (χ0) is 12.4. The minimum Gasteiger partial charge on any atom is -0.305 e. The molecular weight excluding hydrogens is 327 g/mol. The molecule has 0 N–H and O–H groups in total. The predicted octanol–water partition coefficient (Wildman–Crippen LogP) is 5.28. The van der Waals surface area contributed by atoms with Gasteiger partial charge in [0.1, 0.15) is 0 Å². The van der Waals surface area contributed by atoms with Gasteiger partial charge in [-0.2, -0.15) is 12.8 Å². The van der Waals surface area contributed by atoms with Crippen molar-refractivity contribution in [2.75, 3.05) is 0 Å². The Morgan fingerprint density at radius 2 is 2.05 bits per heavy atom. The monoisotopic (exact) mass is 345 g/mol. The van der Waals surface area contributed by atoms with Gasteiger partial charge in [-0.05, 0) is 17.0 Å². The van der Waals surface area contributed by atoms with Crippen LogP contribution in [0.3, 0.4) is 0 Å². The van der Waals surface area contributed by atoms with Gasteiger partial charge in [-0.3, -0.25) is 0 Å². The van der Waals surface area contributed by atoms with E-state index in [1.165, 1.54) is 42.5 Å². The Hall–Kier alpha value is -0.197. The third-order valence-corrected chi connectivity index (χ3v) is 4.71. The van der Waals surface area contributed by atoms with E-state index in [2.05, 4.69) is 42.6 Å². The molecule has 1 aromatic heterocycles. The first kappa shape index (κ1) is 15.2. The zero-order valence-corrected chi connectivity index (χ0v) is 14.7. The van der Waals surface area contributed by atoms with Crippen LogP contribution >= 0.6 is 11.3 Å². The molecular formula is C17H19SZr-. The smallest absolute Gasteiger partial charge is 0.0344 e. The standard InChI is InChI=1S/C17H19S.Zr/c1-2-3-6-13-11-14-7-4-8-15(16(14)12-13)17-9-5-10-18-17;/h4-5,7-10H,2-3,6,11-12H2,1H3;/q-1;. The van der Waals surface area contributed by atoms with Crippen LogP contribution in [0.15, 0.2) is 35.7 Å². The molecule has 0 fully saturated rings. The van der Waals surface area contributed by atoms with Gasteiger partial charge < -0.3 is 5.92 Å². The van der Waals surface area contributed by atoms with Crippen LogP contribution in [-0.4, -0.2) is 0 Å². The van der Waals surface area contributed by atoms with Crippen molar-refractivity contribution in [1.29, 1.82) is 0 Å². The van der Waals surface area contributed by atoms with Crippen molar-refractivity contribution < 1.29 is 26.2 Å². The molecule has 1 aromatic carbocycles. The fourth-order valence-corrected chi connectivity index (χ4v) is 3.64. The van der Waals surface area contributed by atoms with Crippen molar-refractivity contribution >= 4 is 11.3 Å². The third kappa shape index (κ3) is 3.28. The van der Waals surface area contributed by atoms with Gasteiger partial charge in [0.15, 0.2) is 0 Å². The Labute approximate surface area is 139 Å². The van der Waals surface area contributed by atoms with Gasteiger partial charge in [-0.25, -0.2) is 0 Å². The quantitative estimate of drug-likeness (QED) is 0.661. The number of thiophene rings is 1. The first-order valence-corrected chi connectivity index (χ1v) is 7.74. The van der Waals surface area contributed by atoms with Gasteiger partial charge in [0, 0.05) is 31.1 Å². The molecule has 0 saturated heterocycles. The number of unbranched alkanes of at least 4 members (excludes halogenated alkanes) is 1. The van der Waals surface area contributed by atoms with E-state index in [0.29, 0.717) is 0 Å².